The lowest BCUT2D eigenvalue weighted by Gasteiger charge is -2.08. The first-order valence-electron chi connectivity index (χ1n) is 5.52. The van der Waals surface area contributed by atoms with E-state index in [2.05, 4.69) is 30.2 Å². The molecular formula is C13H17N3. The van der Waals surface area contributed by atoms with Crippen LogP contribution in [-0.2, 0) is 6.42 Å². The van der Waals surface area contributed by atoms with Crippen LogP contribution >= 0.6 is 0 Å². The molecule has 1 aromatic heterocycles. The van der Waals surface area contributed by atoms with Gasteiger partial charge in [0.1, 0.15) is 0 Å². The first kappa shape index (κ1) is 10.9. The third kappa shape index (κ3) is 2.14. The monoisotopic (exact) mass is 215 g/mol. The lowest BCUT2D eigenvalue weighted by atomic mass is 10.1. The van der Waals surface area contributed by atoms with Gasteiger partial charge in [0.15, 0.2) is 0 Å². The third-order valence-corrected chi connectivity index (χ3v) is 2.65. The molecule has 0 saturated carbocycles. The average Bonchev–Trinajstić information content (AvgIpc) is 2.65. The van der Waals surface area contributed by atoms with E-state index in [1.165, 1.54) is 16.7 Å². The molecule has 2 rings (SSSR count). The highest BCUT2D eigenvalue weighted by atomic mass is 15.3. The Morgan fingerprint density at radius 2 is 2.12 bits per heavy atom. The quantitative estimate of drug-likeness (QED) is 0.851. The van der Waals surface area contributed by atoms with E-state index >= 15 is 0 Å². The van der Waals surface area contributed by atoms with Crippen LogP contribution in [0.25, 0.3) is 5.69 Å². The van der Waals surface area contributed by atoms with E-state index in [0.29, 0.717) is 6.54 Å². The van der Waals surface area contributed by atoms with Gasteiger partial charge in [-0.3, -0.25) is 0 Å². The lowest BCUT2D eigenvalue weighted by molar-refractivity contribution is 0.868. The van der Waals surface area contributed by atoms with Gasteiger partial charge in [-0.25, -0.2) is 4.68 Å². The maximum Gasteiger partial charge on any atom is 0.0674 e. The Balaban J connectivity index is 2.36. The van der Waals surface area contributed by atoms with E-state index in [1.807, 2.05) is 24.0 Å². The molecule has 1 aromatic carbocycles. The predicted molar refractivity (Wildman–Crippen MR) is 65.8 cm³/mol. The molecule has 0 unspecified atom stereocenters. The van der Waals surface area contributed by atoms with E-state index in [1.54, 1.807) is 0 Å². The van der Waals surface area contributed by atoms with Crippen molar-refractivity contribution < 1.29 is 0 Å². The Bertz CT molecular complexity index is 486. The molecule has 16 heavy (non-hydrogen) atoms. The second kappa shape index (κ2) is 4.49. The zero-order valence-electron chi connectivity index (χ0n) is 9.77. The smallest absolute Gasteiger partial charge is 0.0674 e. The summed E-state index contributed by atoms with van der Waals surface area (Å²) >= 11 is 0. The highest BCUT2D eigenvalue weighted by Crippen LogP contribution is 2.15. The van der Waals surface area contributed by atoms with E-state index in [0.717, 1.165) is 12.1 Å². The minimum atomic E-state index is 0.694. The van der Waals surface area contributed by atoms with Gasteiger partial charge < -0.3 is 5.73 Å². The molecule has 2 aromatic rings. The van der Waals surface area contributed by atoms with Gasteiger partial charge >= 0.3 is 0 Å². The number of hydrogen-bond acceptors (Lipinski definition) is 2. The minimum Gasteiger partial charge on any atom is -0.330 e. The van der Waals surface area contributed by atoms with E-state index in [4.69, 9.17) is 5.73 Å². The summed E-state index contributed by atoms with van der Waals surface area (Å²) < 4.78 is 1.91. The van der Waals surface area contributed by atoms with Gasteiger partial charge in [0.05, 0.1) is 11.9 Å². The van der Waals surface area contributed by atoms with E-state index in [-0.39, 0.29) is 0 Å². The Morgan fingerprint density at radius 3 is 2.69 bits per heavy atom. The van der Waals surface area contributed by atoms with E-state index < -0.39 is 0 Å². The maximum atomic E-state index is 5.55. The molecule has 0 saturated heterocycles. The van der Waals surface area contributed by atoms with Crippen molar-refractivity contribution in [1.29, 1.82) is 0 Å². The molecule has 0 spiro atoms. The molecule has 0 bridgehead atoms. The second-order valence-corrected chi connectivity index (χ2v) is 4.12. The molecule has 0 aliphatic rings. The number of aromatic nitrogens is 2. The van der Waals surface area contributed by atoms with Crippen LogP contribution in [-0.4, -0.2) is 16.3 Å². The predicted octanol–water partition coefficient (Wildman–Crippen LogP) is 1.99. The molecule has 0 radical (unpaired) electrons. The Labute approximate surface area is 95.9 Å². The summed E-state index contributed by atoms with van der Waals surface area (Å²) in [5.41, 5.74) is 10.4. The normalized spacial score (nSPS) is 10.7. The van der Waals surface area contributed by atoms with Gasteiger partial charge in [0.2, 0.25) is 0 Å². The zero-order chi connectivity index (χ0) is 11.5. The largest absolute Gasteiger partial charge is 0.330 e. The standard InChI is InChI=1S/C13H17N3/c1-10-8-15-16(9-10)13-4-3-12(5-6-14)7-11(13)2/h3-4,7-9H,5-6,14H2,1-2H3. The van der Waals surface area contributed by atoms with Gasteiger partial charge in [-0.05, 0) is 49.6 Å². The topological polar surface area (TPSA) is 43.8 Å². The summed E-state index contributed by atoms with van der Waals surface area (Å²) in [6, 6.07) is 6.40. The molecular weight excluding hydrogens is 198 g/mol. The van der Waals surface area contributed by atoms with Crippen molar-refractivity contribution in [3.63, 3.8) is 0 Å². The fourth-order valence-electron chi connectivity index (χ4n) is 1.84. The van der Waals surface area contributed by atoms with Gasteiger partial charge in [-0.15, -0.1) is 0 Å². The minimum absolute atomic E-state index is 0.694. The fourth-order valence-corrected chi connectivity index (χ4v) is 1.84. The van der Waals surface area contributed by atoms with Crippen LogP contribution in [0.3, 0.4) is 0 Å². The molecule has 0 aliphatic carbocycles. The van der Waals surface area contributed by atoms with Crippen molar-refractivity contribution in [2.24, 2.45) is 5.73 Å². The molecule has 1 heterocycles. The fraction of sp³-hybridized carbons (Fsp3) is 0.308. The maximum absolute atomic E-state index is 5.55. The Morgan fingerprint density at radius 1 is 1.31 bits per heavy atom. The van der Waals surface area contributed by atoms with Crippen LogP contribution in [0.2, 0.25) is 0 Å². The Hall–Kier alpha value is -1.61. The molecule has 0 fully saturated rings. The highest BCUT2D eigenvalue weighted by molar-refractivity contribution is 5.42. The average molecular weight is 215 g/mol. The van der Waals surface area contributed by atoms with Gasteiger partial charge in [0, 0.05) is 6.20 Å². The summed E-state index contributed by atoms with van der Waals surface area (Å²) in [5.74, 6) is 0. The molecule has 3 nitrogen and oxygen atoms in total. The van der Waals surface area contributed by atoms with Crippen LogP contribution in [0.1, 0.15) is 16.7 Å². The third-order valence-electron chi connectivity index (χ3n) is 2.65. The molecule has 3 heteroatoms. The highest BCUT2D eigenvalue weighted by Gasteiger charge is 2.03. The summed E-state index contributed by atoms with van der Waals surface area (Å²) in [7, 11) is 0. The first-order valence-corrected chi connectivity index (χ1v) is 5.52. The van der Waals surface area contributed by atoms with Crippen molar-refractivity contribution >= 4 is 0 Å². The van der Waals surface area contributed by atoms with Gasteiger partial charge in [-0.1, -0.05) is 12.1 Å². The van der Waals surface area contributed by atoms with Gasteiger partial charge in [-0.2, -0.15) is 5.10 Å². The molecule has 0 aliphatic heterocycles. The summed E-state index contributed by atoms with van der Waals surface area (Å²) in [6.07, 6.45) is 4.83. The van der Waals surface area contributed by atoms with Crippen molar-refractivity contribution in [1.82, 2.24) is 9.78 Å². The molecule has 0 atom stereocenters. The summed E-state index contributed by atoms with van der Waals surface area (Å²) in [5, 5.41) is 4.31. The summed E-state index contributed by atoms with van der Waals surface area (Å²) in [4.78, 5) is 0. The van der Waals surface area contributed by atoms with Crippen LogP contribution in [0, 0.1) is 13.8 Å². The number of aryl methyl sites for hydroxylation is 2. The summed E-state index contributed by atoms with van der Waals surface area (Å²) in [6.45, 7) is 4.84. The lowest BCUT2D eigenvalue weighted by Crippen LogP contribution is -2.04. The van der Waals surface area contributed by atoms with Crippen LogP contribution in [0.5, 0.6) is 0 Å². The number of nitrogens with zero attached hydrogens (tertiary/aromatic N) is 2. The van der Waals surface area contributed by atoms with E-state index in [9.17, 15) is 0 Å². The van der Waals surface area contributed by atoms with Crippen molar-refractivity contribution in [2.45, 2.75) is 20.3 Å². The molecule has 84 valence electrons. The van der Waals surface area contributed by atoms with Crippen LogP contribution in [0.4, 0.5) is 0 Å². The first-order chi connectivity index (χ1) is 7.70. The van der Waals surface area contributed by atoms with Crippen molar-refractivity contribution in [3.8, 4) is 5.69 Å². The van der Waals surface area contributed by atoms with Crippen LogP contribution < -0.4 is 5.73 Å². The van der Waals surface area contributed by atoms with Crippen molar-refractivity contribution in [2.75, 3.05) is 6.54 Å². The number of hydrogen-bond donors (Lipinski definition) is 1. The zero-order valence-corrected chi connectivity index (χ0v) is 9.77. The second-order valence-electron chi connectivity index (χ2n) is 4.12. The van der Waals surface area contributed by atoms with Gasteiger partial charge in [0.25, 0.3) is 0 Å². The number of benzene rings is 1. The van der Waals surface area contributed by atoms with Crippen molar-refractivity contribution in [3.05, 3.63) is 47.3 Å². The molecule has 0 amide bonds. The number of nitrogens with two attached hydrogens (primary N) is 1. The SMILES string of the molecule is Cc1cnn(-c2ccc(CCN)cc2C)c1. The Kier molecular flexibility index (Phi) is 3.06. The molecule has 2 N–H and O–H groups in total. The number of rotatable bonds is 3. The van der Waals surface area contributed by atoms with Crippen LogP contribution in [0.15, 0.2) is 30.6 Å².